The molecule has 88 valence electrons. The molecule has 1 rings (SSSR count). The van der Waals surface area contributed by atoms with Crippen LogP contribution < -0.4 is 11.1 Å². The van der Waals surface area contributed by atoms with E-state index in [4.69, 9.17) is 5.73 Å². The molecule has 1 aliphatic carbocycles. The van der Waals surface area contributed by atoms with Gasteiger partial charge in [0.05, 0.1) is 6.54 Å². The third-order valence-corrected chi connectivity index (χ3v) is 2.06. The first kappa shape index (κ1) is 16.7. The monoisotopic (exact) mass is 254 g/mol. The molecule has 0 radical (unpaired) electrons. The van der Waals surface area contributed by atoms with Gasteiger partial charge in [-0.15, -0.1) is 24.8 Å². The fourth-order valence-corrected chi connectivity index (χ4v) is 1.46. The first-order valence-electron chi connectivity index (χ1n) is 4.03. The fourth-order valence-electron chi connectivity index (χ4n) is 1.46. The molecule has 1 fully saturated rings. The van der Waals surface area contributed by atoms with Crippen molar-refractivity contribution in [2.75, 3.05) is 6.54 Å². The summed E-state index contributed by atoms with van der Waals surface area (Å²) in [6.07, 6.45) is -1.85. The molecule has 3 N–H and O–H groups in total. The van der Waals surface area contributed by atoms with Gasteiger partial charge in [-0.25, -0.2) is 0 Å². The lowest BCUT2D eigenvalue weighted by molar-refractivity contribution is -0.126. The van der Waals surface area contributed by atoms with E-state index in [0.717, 1.165) is 12.8 Å². The maximum atomic E-state index is 11.7. The molecule has 0 spiro atoms. The van der Waals surface area contributed by atoms with Gasteiger partial charge in [0.1, 0.15) is 0 Å². The highest BCUT2D eigenvalue weighted by Gasteiger charge is 2.30. The molecule has 1 aliphatic rings. The Bertz CT molecular complexity index is 154. The van der Waals surface area contributed by atoms with Crippen LogP contribution >= 0.6 is 24.8 Å². The van der Waals surface area contributed by atoms with E-state index >= 15 is 0 Å². The van der Waals surface area contributed by atoms with Crippen molar-refractivity contribution in [2.24, 2.45) is 5.73 Å². The molecular weight excluding hydrogens is 240 g/mol. The van der Waals surface area contributed by atoms with E-state index in [1.54, 1.807) is 0 Å². The molecule has 0 bridgehead atoms. The van der Waals surface area contributed by atoms with Crippen molar-refractivity contribution < 1.29 is 13.2 Å². The molecule has 0 aromatic heterocycles. The van der Waals surface area contributed by atoms with Crippen molar-refractivity contribution in [3.05, 3.63) is 0 Å². The van der Waals surface area contributed by atoms with Gasteiger partial charge in [-0.1, -0.05) is 0 Å². The van der Waals surface area contributed by atoms with E-state index in [1.807, 2.05) is 0 Å². The van der Waals surface area contributed by atoms with Crippen LogP contribution in [0.4, 0.5) is 13.2 Å². The van der Waals surface area contributed by atoms with Gasteiger partial charge < -0.3 is 11.1 Å². The molecule has 0 aliphatic heterocycles. The standard InChI is InChI=1S/C7H13F3N2.2ClH/c8-7(9,10)4-12-6-2-1-5(11)3-6;;/h5-6,12H,1-4,11H2;2*1H/t5-,6-;;/m1../s1. The highest BCUT2D eigenvalue weighted by atomic mass is 35.5. The maximum absolute atomic E-state index is 11.7. The molecule has 0 unspecified atom stereocenters. The zero-order chi connectivity index (χ0) is 9.19. The van der Waals surface area contributed by atoms with Crippen LogP contribution in [0.2, 0.25) is 0 Å². The number of hydrogen-bond acceptors (Lipinski definition) is 2. The second-order valence-electron chi connectivity index (χ2n) is 3.27. The zero-order valence-electron chi connectivity index (χ0n) is 7.51. The highest BCUT2D eigenvalue weighted by molar-refractivity contribution is 5.85. The molecule has 2 nitrogen and oxygen atoms in total. The smallest absolute Gasteiger partial charge is 0.328 e. The number of alkyl halides is 3. The Kier molecular flexibility index (Phi) is 8.01. The molecule has 7 heteroatoms. The van der Waals surface area contributed by atoms with E-state index in [2.05, 4.69) is 5.32 Å². The van der Waals surface area contributed by atoms with Crippen molar-refractivity contribution in [3.8, 4) is 0 Å². The largest absolute Gasteiger partial charge is 0.401 e. The summed E-state index contributed by atoms with van der Waals surface area (Å²) in [7, 11) is 0. The van der Waals surface area contributed by atoms with Crippen molar-refractivity contribution in [3.63, 3.8) is 0 Å². The maximum Gasteiger partial charge on any atom is 0.401 e. The van der Waals surface area contributed by atoms with E-state index in [-0.39, 0.29) is 36.9 Å². The lowest BCUT2D eigenvalue weighted by atomic mass is 10.2. The third-order valence-electron chi connectivity index (χ3n) is 2.06. The van der Waals surface area contributed by atoms with Crippen LogP contribution in [0.5, 0.6) is 0 Å². The van der Waals surface area contributed by atoms with Crippen LogP contribution in [0, 0.1) is 0 Å². The van der Waals surface area contributed by atoms with Gasteiger partial charge in [0, 0.05) is 12.1 Å². The molecular formula is C7H15Cl2F3N2. The summed E-state index contributed by atoms with van der Waals surface area (Å²) in [6.45, 7) is -0.898. The molecule has 2 atom stereocenters. The second-order valence-corrected chi connectivity index (χ2v) is 3.27. The van der Waals surface area contributed by atoms with Crippen molar-refractivity contribution in [1.82, 2.24) is 5.32 Å². The molecule has 0 amide bonds. The van der Waals surface area contributed by atoms with Crippen LogP contribution in [0.15, 0.2) is 0 Å². The van der Waals surface area contributed by atoms with E-state index in [9.17, 15) is 13.2 Å². The third kappa shape index (κ3) is 6.70. The van der Waals surface area contributed by atoms with E-state index in [1.165, 1.54) is 0 Å². The minimum absolute atomic E-state index is 0. The Morgan fingerprint density at radius 2 is 1.79 bits per heavy atom. The summed E-state index contributed by atoms with van der Waals surface area (Å²) in [4.78, 5) is 0. The molecule has 0 saturated heterocycles. The number of halogens is 5. The van der Waals surface area contributed by atoms with Gasteiger partial charge in [-0.2, -0.15) is 13.2 Å². The second kappa shape index (κ2) is 6.71. The van der Waals surface area contributed by atoms with Crippen LogP contribution in [0.3, 0.4) is 0 Å². The summed E-state index contributed by atoms with van der Waals surface area (Å²) < 4.78 is 35.1. The average Bonchev–Trinajstić information content (AvgIpc) is 2.30. The first-order chi connectivity index (χ1) is 5.47. The van der Waals surface area contributed by atoms with Crippen LogP contribution in [-0.4, -0.2) is 24.8 Å². The zero-order valence-corrected chi connectivity index (χ0v) is 9.14. The molecule has 1 saturated carbocycles. The molecule has 14 heavy (non-hydrogen) atoms. The summed E-state index contributed by atoms with van der Waals surface area (Å²) in [5.74, 6) is 0. The number of nitrogens with two attached hydrogens (primary N) is 1. The Morgan fingerprint density at radius 3 is 2.14 bits per heavy atom. The van der Waals surface area contributed by atoms with Gasteiger partial charge in [0.2, 0.25) is 0 Å². The van der Waals surface area contributed by atoms with Crippen LogP contribution in [0.1, 0.15) is 19.3 Å². The Morgan fingerprint density at radius 1 is 1.21 bits per heavy atom. The number of nitrogens with one attached hydrogen (secondary N) is 1. The Hall–Kier alpha value is 0.290. The molecule has 0 heterocycles. The van der Waals surface area contributed by atoms with Gasteiger partial charge >= 0.3 is 6.18 Å². The lowest BCUT2D eigenvalue weighted by Gasteiger charge is -2.13. The van der Waals surface area contributed by atoms with Crippen LogP contribution in [0.25, 0.3) is 0 Å². The first-order valence-corrected chi connectivity index (χ1v) is 4.03. The lowest BCUT2D eigenvalue weighted by Crippen LogP contribution is -2.36. The van der Waals surface area contributed by atoms with E-state index < -0.39 is 12.7 Å². The topological polar surface area (TPSA) is 38.0 Å². The van der Waals surface area contributed by atoms with Crippen LogP contribution in [-0.2, 0) is 0 Å². The Labute approximate surface area is 93.6 Å². The van der Waals surface area contributed by atoms with Gasteiger partial charge in [-0.05, 0) is 19.3 Å². The van der Waals surface area contributed by atoms with Gasteiger partial charge in [-0.3, -0.25) is 0 Å². The molecule has 0 aromatic carbocycles. The number of hydrogen-bond donors (Lipinski definition) is 2. The van der Waals surface area contributed by atoms with Crippen molar-refractivity contribution in [2.45, 2.75) is 37.5 Å². The normalized spacial score (nSPS) is 26.6. The van der Waals surface area contributed by atoms with Crippen molar-refractivity contribution >= 4 is 24.8 Å². The fraction of sp³-hybridized carbons (Fsp3) is 1.00. The van der Waals surface area contributed by atoms with Gasteiger partial charge in [0.15, 0.2) is 0 Å². The van der Waals surface area contributed by atoms with Gasteiger partial charge in [0.25, 0.3) is 0 Å². The van der Waals surface area contributed by atoms with E-state index in [0.29, 0.717) is 6.42 Å². The minimum atomic E-state index is -4.10. The summed E-state index contributed by atoms with van der Waals surface area (Å²) in [5.41, 5.74) is 5.54. The Balaban J connectivity index is 0. The minimum Gasteiger partial charge on any atom is -0.328 e. The average molecular weight is 255 g/mol. The van der Waals surface area contributed by atoms with Crippen molar-refractivity contribution in [1.29, 1.82) is 0 Å². The quantitative estimate of drug-likeness (QED) is 0.790. The predicted molar refractivity (Wildman–Crippen MR) is 54.2 cm³/mol. The highest BCUT2D eigenvalue weighted by Crippen LogP contribution is 2.19. The summed E-state index contributed by atoms with van der Waals surface area (Å²) in [5, 5.41) is 2.45. The molecule has 0 aromatic rings. The summed E-state index contributed by atoms with van der Waals surface area (Å²) >= 11 is 0. The summed E-state index contributed by atoms with van der Waals surface area (Å²) in [6, 6.07) is 0.0392. The predicted octanol–water partition coefficient (Wildman–Crippen LogP) is 1.86. The SMILES string of the molecule is Cl.Cl.N[C@@H]1CC[C@@H](NCC(F)(F)F)C1. The number of rotatable bonds is 2.